The van der Waals surface area contributed by atoms with Gasteiger partial charge in [-0.05, 0) is 91.0 Å². The highest BCUT2D eigenvalue weighted by Crippen LogP contribution is 2.42. The second kappa shape index (κ2) is 11.8. The van der Waals surface area contributed by atoms with Crippen LogP contribution in [0.25, 0.3) is 116 Å². The van der Waals surface area contributed by atoms with Gasteiger partial charge in [0.15, 0.2) is 0 Å². The van der Waals surface area contributed by atoms with Crippen molar-refractivity contribution in [2.24, 2.45) is 0 Å². The molecule has 0 N–H and O–H groups in total. The van der Waals surface area contributed by atoms with Crippen molar-refractivity contribution in [2.45, 2.75) is 0 Å². The summed E-state index contributed by atoms with van der Waals surface area (Å²) in [6, 6.07) is 69.3. The first-order chi connectivity index (χ1) is 28.8. The fourth-order valence-electron chi connectivity index (χ4n) is 9.57. The van der Waals surface area contributed by atoms with Gasteiger partial charge in [-0.1, -0.05) is 103 Å². The zero-order valence-electron chi connectivity index (χ0n) is 31.2. The smallest absolute Gasteiger partial charge is 0.138 e. The normalized spacial score (nSPS) is 12.1. The number of fused-ring (bicyclic) bond motifs is 13. The van der Waals surface area contributed by atoms with Crippen LogP contribution in [-0.2, 0) is 0 Å². The van der Waals surface area contributed by atoms with Crippen LogP contribution in [-0.4, -0.2) is 18.7 Å². The number of nitrogens with zero attached hydrogens (tertiary/aromatic N) is 4. The molecule has 0 atom stereocenters. The minimum atomic E-state index is 0.855. The van der Waals surface area contributed by atoms with Crippen molar-refractivity contribution in [2.75, 3.05) is 0 Å². The molecule has 5 aromatic heterocycles. The predicted octanol–water partition coefficient (Wildman–Crippen LogP) is 13.9. The number of furan rings is 1. The average molecular weight is 741 g/mol. The van der Waals surface area contributed by atoms with Crippen molar-refractivity contribution in [3.63, 3.8) is 0 Å². The Hall–Kier alpha value is -7.89. The summed E-state index contributed by atoms with van der Waals surface area (Å²) in [4.78, 5) is 5.46. The minimum absolute atomic E-state index is 0.855. The van der Waals surface area contributed by atoms with Crippen molar-refractivity contribution < 1.29 is 4.42 Å². The van der Waals surface area contributed by atoms with Crippen LogP contribution < -0.4 is 0 Å². The van der Waals surface area contributed by atoms with E-state index in [2.05, 4.69) is 208 Å². The molecule has 0 bridgehead atoms. The largest absolute Gasteiger partial charge is 0.456 e. The number of benzene rings is 8. The monoisotopic (exact) mass is 740 g/mol. The van der Waals surface area contributed by atoms with Crippen LogP contribution in [0.5, 0.6) is 0 Å². The molecule has 58 heavy (non-hydrogen) atoms. The van der Waals surface area contributed by atoms with E-state index in [0.717, 1.165) is 66.9 Å². The summed E-state index contributed by atoms with van der Waals surface area (Å²) in [5, 5.41) is 9.46. The van der Waals surface area contributed by atoms with Gasteiger partial charge >= 0.3 is 0 Å². The number of pyridine rings is 1. The second-order valence-electron chi connectivity index (χ2n) is 15.1. The summed E-state index contributed by atoms with van der Waals surface area (Å²) in [6.45, 7) is 0. The van der Waals surface area contributed by atoms with Gasteiger partial charge in [0.25, 0.3) is 0 Å². The number of rotatable bonds is 4. The molecule has 270 valence electrons. The van der Waals surface area contributed by atoms with E-state index in [1.165, 1.54) is 48.9 Å². The molecule has 0 saturated carbocycles. The van der Waals surface area contributed by atoms with E-state index in [4.69, 9.17) is 9.40 Å². The molecule has 0 unspecified atom stereocenters. The predicted molar refractivity (Wildman–Crippen MR) is 240 cm³/mol. The molecule has 5 nitrogen and oxygen atoms in total. The second-order valence-corrected chi connectivity index (χ2v) is 15.1. The lowest BCUT2D eigenvalue weighted by atomic mass is 10.1. The molecule has 0 aliphatic rings. The zero-order chi connectivity index (χ0) is 37.9. The highest BCUT2D eigenvalue weighted by atomic mass is 16.3. The molecule has 0 fully saturated rings. The minimum Gasteiger partial charge on any atom is -0.456 e. The number of hydrogen-bond donors (Lipinski definition) is 0. The van der Waals surface area contributed by atoms with Gasteiger partial charge in [0, 0.05) is 60.0 Å². The van der Waals surface area contributed by atoms with Crippen LogP contribution in [0.15, 0.2) is 199 Å². The third kappa shape index (κ3) is 4.33. The van der Waals surface area contributed by atoms with Crippen molar-refractivity contribution in [1.82, 2.24) is 18.7 Å². The Balaban J connectivity index is 1.02. The molecule has 5 heterocycles. The number of para-hydroxylation sites is 5. The standard InChI is InChI=1S/C53H32N4O/c1-2-13-34(14-3-1)55-47-23-11-7-18-40(47)52-48(55)28-27-39-38-17-6-10-22-46(38)57(53(39)52)51-24-12-19-43(54-51)33-25-29-49-41(31-33)42-32-35(26-30-50(42)58-49)56-44-20-8-4-15-36(44)37-16-5-9-21-45(37)56/h1-32H. The van der Waals surface area contributed by atoms with Gasteiger partial charge in [-0.2, -0.15) is 0 Å². The molecule has 0 radical (unpaired) electrons. The van der Waals surface area contributed by atoms with Gasteiger partial charge in [-0.15, -0.1) is 0 Å². The Kier molecular flexibility index (Phi) is 6.38. The Morgan fingerprint density at radius 2 is 0.914 bits per heavy atom. The van der Waals surface area contributed by atoms with Gasteiger partial charge in [0.1, 0.15) is 17.0 Å². The van der Waals surface area contributed by atoms with Gasteiger partial charge in [0.05, 0.1) is 38.8 Å². The zero-order valence-corrected chi connectivity index (χ0v) is 31.2. The van der Waals surface area contributed by atoms with Crippen molar-refractivity contribution >= 4 is 87.4 Å². The lowest BCUT2D eigenvalue weighted by Crippen LogP contribution is -1.99. The SMILES string of the molecule is c1ccc(-n2c3ccccc3c3c2ccc2c4ccccc4n(-c4cccc(-c5ccc6oc7ccc(-n8c9ccccc9c9ccccc98)cc7c6c5)n4)c23)cc1. The summed E-state index contributed by atoms with van der Waals surface area (Å²) in [6.07, 6.45) is 0. The van der Waals surface area contributed by atoms with E-state index in [1.807, 2.05) is 0 Å². The first kappa shape index (κ1) is 31.3. The van der Waals surface area contributed by atoms with Crippen LogP contribution in [0.1, 0.15) is 0 Å². The third-order valence-corrected chi connectivity index (χ3v) is 12.0. The number of aromatic nitrogens is 4. The Morgan fingerprint density at radius 1 is 0.345 bits per heavy atom. The topological polar surface area (TPSA) is 40.8 Å². The van der Waals surface area contributed by atoms with E-state index >= 15 is 0 Å². The van der Waals surface area contributed by atoms with Crippen molar-refractivity contribution in [1.29, 1.82) is 0 Å². The van der Waals surface area contributed by atoms with Crippen molar-refractivity contribution in [3.05, 3.63) is 194 Å². The summed E-state index contributed by atoms with van der Waals surface area (Å²) >= 11 is 0. The van der Waals surface area contributed by atoms with Gasteiger partial charge in [0.2, 0.25) is 0 Å². The molecule has 0 aliphatic heterocycles. The molecule has 0 spiro atoms. The third-order valence-electron chi connectivity index (χ3n) is 12.0. The van der Waals surface area contributed by atoms with Crippen molar-refractivity contribution in [3.8, 4) is 28.5 Å². The van der Waals surface area contributed by atoms with Crippen LogP contribution in [0.2, 0.25) is 0 Å². The van der Waals surface area contributed by atoms with E-state index in [9.17, 15) is 0 Å². The van der Waals surface area contributed by atoms with E-state index < -0.39 is 0 Å². The lowest BCUT2D eigenvalue weighted by Gasteiger charge is -2.11. The van der Waals surface area contributed by atoms with Crippen LogP contribution in [0.3, 0.4) is 0 Å². The first-order valence-corrected chi connectivity index (χ1v) is 19.7. The Morgan fingerprint density at radius 3 is 1.64 bits per heavy atom. The van der Waals surface area contributed by atoms with E-state index in [0.29, 0.717) is 0 Å². The molecule has 0 amide bonds. The molecule has 0 saturated heterocycles. The molecule has 13 aromatic rings. The maximum absolute atomic E-state index is 6.44. The summed E-state index contributed by atoms with van der Waals surface area (Å²) < 4.78 is 13.5. The first-order valence-electron chi connectivity index (χ1n) is 19.7. The van der Waals surface area contributed by atoms with Gasteiger partial charge < -0.3 is 13.6 Å². The van der Waals surface area contributed by atoms with E-state index in [1.54, 1.807) is 0 Å². The number of hydrogen-bond acceptors (Lipinski definition) is 2. The maximum atomic E-state index is 6.44. The van der Waals surface area contributed by atoms with E-state index in [-0.39, 0.29) is 0 Å². The molecule has 0 aliphatic carbocycles. The summed E-state index contributed by atoms with van der Waals surface area (Å²) in [5.41, 5.74) is 12.9. The molecular formula is C53H32N4O. The molecule has 13 rings (SSSR count). The Labute approximate surface area is 331 Å². The Bertz CT molecular complexity index is 3750. The van der Waals surface area contributed by atoms with Crippen LogP contribution in [0, 0.1) is 0 Å². The highest BCUT2D eigenvalue weighted by molar-refractivity contribution is 6.26. The highest BCUT2D eigenvalue weighted by Gasteiger charge is 2.22. The summed E-state index contributed by atoms with van der Waals surface area (Å²) in [5.74, 6) is 0.874. The lowest BCUT2D eigenvalue weighted by molar-refractivity contribution is 0.669. The maximum Gasteiger partial charge on any atom is 0.138 e. The van der Waals surface area contributed by atoms with Crippen LogP contribution >= 0.6 is 0 Å². The summed E-state index contributed by atoms with van der Waals surface area (Å²) in [7, 11) is 0. The molecule has 5 heteroatoms. The fraction of sp³-hybridized carbons (Fsp3) is 0. The molecule has 8 aromatic carbocycles. The van der Waals surface area contributed by atoms with Crippen LogP contribution in [0.4, 0.5) is 0 Å². The fourth-order valence-corrected chi connectivity index (χ4v) is 9.57. The quantitative estimate of drug-likeness (QED) is 0.180. The average Bonchev–Trinajstić information content (AvgIpc) is 4.02. The van der Waals surface area contributed by atoms with Gasteiger partial charge in [-0.25, -0.2) is 4.98 Å². The van der Waals surface area contributed by atoms with Gasteiger partial charge in [-0.3, -0.25) is 4.57 Å². The molecular weight excluding hydrogens is 709 g/mol.